The van der Waals surface area contributed by atoms with Gasteiger partial charge in [0.05, 0.1) is 6.61 Å². The van der Waals surface area contributed by atoms with Crippen LogP contribution in [0.15, 0.2) is 18.2 Å². The Hall–Kier alpha value is -1.31. The van der Waals surface area contributed by atoms with E-state index in [-0.39, 0.29) is 10.8 Å². The van der Waals surface area contributed by atoms with Crippen LogP contribution in [0.3, 0.4) is 0 Å². The van der Waals surface area contributed by atoms with Gasteiger partial charge in [0.1, 0.15) is 12.0 Å². The monoisotopic (exact) mass is 318 g/mol. The van der Waals surface area contributed by atoms with E-state index in [0.717, 1.165) is 37.7 Å². The van der Waals surface area contributed by atoms with Gasteiger partial charge in [0, 0.05) is 12.0 Å². The lowest BCUT2D eigenvalue weighted by Gasteiger charge is -2.30. The second-order valence-corrected chi connectivity index (χ2v) is 7.70. The fraction of sp³-hybridized carbons (Fsp3) is 0.667. The molecular formula is C21H34O2. The lowest BCUT2D eigenvalue weighted by molar-refractivity contribution is -0.107. The van der Waals surface area contributed by atoms with E-state index in [2.05, 4.69) is 59.7 Å². The predicted octanol–water partition coefficient (Wildman–Crippen LogP) is 5.81. The van der Waals surface area contributed by atoms with Crippen molar-refractivity contribution in [3.05, 3.63) is 29.3 Å². The van der Waals surface area contributed by atoms with Crippen molar-refractivity contribution in [1.29, 1.82) is 0 Å². The van der Waals surface area contributed by atoms with Crippen molar-refractivity contribution in [2.75, 3.05) is 6.61 Å². The van der Waals surface area contributed by atoms with Gasteiger partial charge in [-0.3, -0.25) is 0 Å². The van der Waals surface area contributed by atoms with Crippen LogP contribution in [0.4, 0.5) is 0 Å². The van der Waals surface area contributed by atoms with Crippen LogP contribution in [0.1, 0.15) is 84.8 Å². The van der Waals surface area contributed by atoms with Crippen molar-refractivity contribution in [1.82, 2.24) is 0 Å². The number of rotatable bonds is 10. The van der Waals surface area contributed by atoms with Crippen LogP contribution < -0.4 is 4.74 Å². The topological polar surface area (TPSA) is 26.3 Å². The molecule has 1 rings (SSSR count). The quantitative estimate of drug-likeness (QED) is 0.402. The van der Waals surface area contributed by atoms with E-state index < -0.39 is 0 Å². The molecule has 0 spiro atoms. The van der Waals surface area contributed by atoms with Gasteiger partial charge in [0.15, 0.2) is 0 Å². The van der Waals surface area contributed by atoms with Crippen LogP contribution in [-0.2, 0) is 15.6 Å². The van der Waals surface area contributed by atoms with Crippen LogP contribution >= 0.6 is 0 Å². The van der Waals surface area contributed by atoms with Crippen LogP contribution in [0.25, 0.3) is 0 Å². The number of benzene rings is 1. The van der Waals surface area contributed by atoms with Gasteiger partial charge in [-0.2, -0.15) is 0 Å². The Balaban J connectivity index is 3.03. The molecule has 0 radical (unpaired) electrons. The Bertz CT molecular complexity index is 501. The van der Waals surface area contributed by atoms with Gasteiger partial charge in [-0.1, -0.05) is 53.7 Å². The summed E-state index contributed by atoms with van der Waals surface area (Å²) in [7, 11) is 0. The van der Waals surface area contributed by atoms with Crippen LogP contribution in [-0.4, -0.2) is 12.9 Å². The number of hydrogen-bond acceptors (Lipinski definition) is 2. The molecule has 0 atom stereocenters. The summed E-state index contributed by atoms with van der Waals surface area (Å²) in [5, 5.41) is 0. The van der Waals surface area contributed by atoms with Crippen molar-refractivity contribution >= 4 is 6.29 Å². The molecule has 0 aliphatic rings. The summed E-state index contributed by atoms with van der Waals surface area (Å²) < 4.78 is 6.06. The standard InChI is InChI=1S/C21H34O2/c1-7-20(3,4)17-12-13-19(23-15-11-9-10-14-22)18(16-17)21(5,6)8-2/h12-14,16H,7-11,15H2,1-6H3. The van der Waals surface area contributed by atoms with E-state index in [1.807, 2.05) is 0 Å². The highest BCUT2D eigenvalue weighted by Crippen LogP contribution is 2.38. The molecule has 0 amide bonds. The third-order valence-corrected chi connectivity index (χ3v) is 5.23. The predicted molar refractivity (Wildman–Crippen MR) is 98.5 cm³/mol. The highest BCUT2D eigenvalue weighted by Gasteiger charge is 2.26. The number of carbonyl (C=O) groups is 1. The molecule has 0 aliphatic heterocycles. The van der Waals surface area contributed by atoms with Gasteiger partial charge >= 0.3 is 0 Å². The van der Waals surface area contributed by atoms with Crippen LogP contribution in [0.2, 0.25) is 0 Å². The zero-order chi connectivity index (χ0) is 17.5. The smallest absolute Gasteiger partial charge is 0.123 e. The maximum absolute atomic E-state index is 10.4. The molecule has 130 valence electrons. The summed E-state index contributed by atoms with van der Waals surface area (Å²) >= 11 is 0. The summed E-state index contributed by atoms with van der Waals surface area (Å²) in [5.74, 6) is 0.999. The zero-order valence-electron chi connectivity index (χ0n) is 15.9. The second kappa shape index (κ2) is 8.52. The van der Waals surface area contributed by atoms with Crippen molar-refractivity contribution in [3.8, 4) is 5.75 Å². The number of hydrogen-bond donors (Lipinski definition) is 0. The lowest BCUT2D eigenvalue weighted by Crippen LogP contribution is -2.21. The molecule has 0 N–H and O–H groups in total. The summed E-state index contributed by atoms with van der Waals surface area (Å²) in [4.78, 5) is 10.4. The molecule has 2 heteroatoms. The fourth-order valence-electron chi connectivity index (χ4n) is 2.51. The highest BCUT2D eigenvalue weighted by molar-refractivity contribution is 5.49. The maximum Gasteiger partial charge on any atom is 0.123 e. The van der Waals surface area contributed by atoms with E-state index in [0.29, 0.717) is 13.0 Å². The average molecular weight is 319 g/mol. The molecule has 0 aliphatic carbocycles. The van der Waals surface area contributed by atoms with E-state index in [4.69, 9.17) is 4.74 Å². The summed E-state index contributed by atoms with van der Waals surface area (Å²) in [5.41, 5.74) is 2.96. The Kier molecular flexibility index (Phi) is 7.31. The molecular weight excluding hydrogens is 284 g/mol. The molecule has 1 aromatic carbocycles. The molecule has 0 fully saturated rings. The summed E-state index contributed by atoms with van der Waals surface area (Å²) in [6, 6.07) is 6.69. The number of carbonyl (C=O) groups excluding carboxylic acids is 1. The zero-order valence-corrected chi connectivity index (χ0v) is 15.9. The summed E-state index contributed by atoms with van der Waals surface area (Å²) in [6.45, 7) is 14.3. The van der Waals surface area contributed by atoms with Gasteiger partial charge in [0.25, 0.3) is 0 Å². The van der Waals surface area contributed by atoms with Gasteiger partial charge in [-0.15, -0.1) is 0 Å². The summed E-state index contributed by atoms with van der Waals surface area (Å²) in [6.07, 6.45) is 5.62. The molecule has 23 heavy (non-hydrogen) atoms. The molecule has 1 aromatic rings. The first kappa shape index (κ1) is 19.7. The first-order valence-corrected chi connectivity index (χ1v) is 9.00. The molecule has 0 unspecified atom stereocenters. The van der Waals surface area contributed by atoms with Gasteiger partial charge in [-0.05, 0) is 48.1 Å². The largest absolute Gasteiger partial charge is 0.493 e. The Morgan fingerprint density at radius 2 is 1.65 bits per heavy atom. The Labute approximate surface area is 142 Å². The van der Waals surface area contributed by atoms with Gasteiger partial charge < -0.3 is 9.53 Å². The van der Waals surface area contributed by atoms with Crippen molar-refractivity contribution in [2.24, 2.45) is 0 Å². The highest BCUT2D eigenvalue weighted by atomic mass is 16.5. The van der Waals surface area contributed by atoms with E-state index in [1.54, 1.807) is 0 Å². The number of ether oxygens (including phenoxy) is 1. The lowest BCUT2D eigenvalue weighted by atomic mass is 9.76. The third-order valence-electron chi connectivity index (χ3n) is 5.23. The minimum absolute atomic E-state index is 0.0952. The van der Waals surface area contributed by atoms with E-state index in [9.17, 15) is 4.79 Å². The average Bonchev–Trinajstić information content (AvgIpc) is 2.54. The van der Waals surface area contributed by atoms with Gasteiger partial charge in [-0.25, -0.2) is 0 Å². The van der Waals surface area contributed by atoms with Crippen molar-refractivity contribution in [2.45, 2.75) is 84.5 Å². The first-order valence-electron chi connectivity index (χ1n) is 9.00. The molecule has 0 heterocycles. The van der Waals surface area contributed by atoms with Gasteiger partial charge in [0.2, 0.25) is 0 Å². The van der Waals surface area contributed by atoms with Crippen molar-refractivity contribution < 1.29 is 9.53 Å². The molecule has 0 bridgehead atoms. The minimum Gasteiger partial charge on any atom is -0.493 e. The molecule has 0 saturated carbocycles. The molecule has 2 nitrogen and oxygen atoms in total. The fourth-order valence-corrected chi connectivity index (χ4v) is 2.51. The number of unbranched alkanes of at least 4 members (excludes halogenated alkanes) is 2. The minimum atomic E-state index is 0.0952. The Morgan fingerprint density at radius 1 is 1.00 bits per heavy atom. The van der Waals surface area contributed by atoms with E-state index in [1.165, 1.54) is 11.1 Å². The number of aldehydes is 1. The van der Waals surface area contributed by atoms with Crippen molar-refractivity contribution in [3.63, 3.8) is 0 Å². The molecule has 0 aromatic heterocycles. The molecule has 0 saturated heterocycles. The Morgan fingerprint density at radius 3 is 2.22 bits per heavy atom. The SMILES string of the molecule is CCC(C)(C)c1ccc(OCCCCC=O)c(C(C)(C)CC)c1. The van der Waals surface area contributed by atoms with E-state index >= 15 is 0 Å². The normalized spacial score (nSPS) is 12.3. The van der Waals surface area contributed by atoms with Crippen LogP contribution in [0.5, 0.6) is 5.75 Å². The first-order chi connectivity index (χ1) is 10.8. The maximum atomic E-state index is 10.4. The third kappa shape index (κ3) is 5.37. The van der Waals surface area contributed by atoms with Crippen LogP contribution in [0, 0.1) is 0 Å². The second-order valence-electron chi connectivity index (χ2n) is 7.70.